The fourth-order valence-electron chi connectivity index (χ4n) is 4.02. The number of aryl methyl sites for hydroxylation is 1. The number of piperidine rings is 1. The normalized spacial score (nSPS) is 17.3. The van der Waals surface area contributed by atoms with Crippen LogP contribution in [0.25, 0.3) is 22.4 Å². The van der Waals surface area contributed by atoms with Crippen molar-refractivity contribution in [2.45, 2.75) is 24.7 Å². The molecule has 2 aromatic carbocycles. The summed E-state index contributed by atoms with van der Waals surface area (Å²) in [5.74, 6) is 0.0753. The van der Waals surface area contributed by atoms with Crippen LogP contribution in [0.3, 0.4) is 0 Å². The van der Waals surface area contributed by atoms with E-state index < -0.39 is 15.9 Å². The smallest absolute Gasteiger partial charge is 0.243 e. The maximum atomic E-state index is 13.4. The zero-order chi connectivity index (χ0) is 23.0. The Kier molecular flexibility index (Phi) is 5.73. The number of nitrogens with one attached hydrogen (secondary N) is 2. The Hall–Kier alpha value is -3.08. The second-order valence-electron chi connectivity index (χ2n) is 8.12. The van der Waals surface area contributed by atoms with Gasteiger partial charge in [0.1, 0.15) is 5.82 Å². The number of thiazole rings is 1. The fraction of sp³-hybridized carbons (Fsp3) is 0.261. The van der Waals surface area contributed by atoms with Crippen molar-refractivity contribution in [1.82, 2.24) is 19.3 Å². The molecule has 1 atom stereocenters. The van der Waals surface area contributed by atoms with Gasteiger partial charge < -0.3 is 10.3 Å². The lowest BCUT2D eigenvalue weighted by Crippen LogP contribution is -2.43. The van der Waals surface area contributed by atoms with Crippen LogP contribution in [0.4, 0.5) is 5.13 Å². The number of carbonyl (C=O) groups is 1. The van der Waals surface area contributed by atoms with E-state index in [-0.39, 0.29) is 17.3 Å². The molecule has 170 valence electrons. The van der Waals surface area contributed by atoms with Gasteiger partial charge in [-0.05, 0) is 38.0 Å². The first kappa shape index (κ1) is 21.7. The molecule has 1 amide bonds. The number of rotatable bonds is 5. The molecule has 1 aliphatic heterocycles. The van der Waals surface area contributed by atoms with Crippen LogP contribution in [0.2, 0.25) is 0 Å². The highest BCUT2D eigenvalue weighted by Crippen LogP contribution is 2.28. The number of H-pyrrole nitrogens is 1. The van der Waals surface area contributed by atoms with Crippen molar-refractivity contribution in [2.75, 3.05) is 18.4 Å². The minimum absolute atomic E-state index is 0.148. The average molecular weight is 482 g/mol. The Morgan fingerprint density at radius 1 is 1.18 bits per heavy atom. The molecular weight excluding hydrogens is 458 g/mol. The van der Waals surface area contributed by atoms with Crippen LogP contribution < -0.4 is 5.32 Å². The molecule has 0 spiro atoms. The number of hydrogen-bond acceptors (Lipinski definition) is 6. The molecule has 2 aromatic heterocycles. The van der Waals surface area contributed by atoms with Crippen LogP contribution in [0, 0.1) is 12.8 Å². The summed E-state index contributed by atoms with van der Waals surface area (Å²) in [5.41, 5.74) is 3.12. The fourth-order valence-corrected chi connectivity index (χ4v) is 6.27. The zero-order valence-corrected chi connectivity index (χ0v) is 19.6. The van der Waals surface area contributed by atoms with Crippen LogP contribution in [0.15, 0.2) is 58.8 Å². The van der Waals surface area contributed by atoms with Crippen LogP contribution >= 0.6 is 11.3 Å². The van der Waals surface area contributed by atoms with E-state index in [9.17, 15) is 13.2 Å². The lowest BCUT2D eigenvalue weighted by Gasteiger charge is -2.31. The van der Waals surface area contributed by atoms with Gasteiger partial charge in [-0.3, -0.25) is 4.79 Å². The Morgan fingerprint density at radius 2 is 2.00 bits per heavy atom. The summed E-state index contributed by atoms with van der Waals surface area (Å²) in [6.45, 7) is 2.40. The number of amides is 1. The molecule has 0 unspecified atom stereocenters. The molecule has 0 radical (unpaired) electrons. The second-order valence-corrected chi connectivity index (χ2v) is 10.9. The number of aromatic nitrogens is 3. The highest BCUT2D eigenvalue weighted by molar-refractivity contribution is 7.89. The monoisotopic (exact) mass is 481 g/mol. The molecule has 0 bridgehead atoms. The third-order valence-electron chi connectivity index (χ3n) is 5.74. The highest BCUT2D eigenvalue weighted by Gasteiger charge is 2.33. The van der Waals surface area contributed by atoms with Crippen LogP contribution in [-0.2, 0) is 14.8 Å². The van der Waals surface area contributed by atoms with Crippen molar-refractivity contribution < 1.29 is 13.2 Å². The third-order valence-corrected chi connectivity index (χ3v) is 8.48. The van der Waals surface area contributed by atoms with E-state index in [2.05, 4.69) is 20.3 Å². The molecule has 1 aliphatic rings. The van der Waals surface area contributed by atoms with E-state index in [0.717, 1.165) is 11.3 Å². The summed E-state index contributed by atoms with van der Waals surface area (Å²) in [6.07, 6.45) is 1.26. The first-order chi connectivity index (χ1) is 15.9. The maximum Gasteiger partial charge on any atom is 0.243 e. The molecule has 1 saturated heterocycles. The summed E-state index contributed by atoms with van der Waals surface area (Å²) in [5, 5.41) is 5.22. The van der Waals surface area contributed by atoms with Crippen LogP contribution in [-0.4, -0.2) is 46.7 Å². The van der Waals surface area contributed by atoms with Crippen molar-refractivity contribution in [3.63, 3.8) is 0 Å². The molecule has 10 heteroatoms. The number of aromatic amines is 1. The molecule has 1 fully saturated rings. The minimum atomic E-state index is -3.75. The van der Waals surface area contributed by atoms with E-state index in [4.69, 9.17) is 0 Å². The van der Waals surface area contributed by atoms with E-state index in [1.165, 1.54) is 15.6 Å². The van der Waals surface area contributed by atoms with Gasteiger partial charge in [-0.25, -0.2) is 18.4 Å². The average Bonchev–Trinajstić information content (AvgIpc) is 3.45. The third kappa shape index (κ3) is 4.41. The van der Waals surface area contributed by atoms with Crippen molar-refractivity contribution >= 4 is 43.4 Å². The van der Waals surface area contributed by atoms with Gasteiger partial charge >= 0.3 is 0 Å². The molecule has 0 aliphatic carbocycles. The largest absolute Gasteiger partial charge is 0.338 e. The summed E-state index contributed by atoms with van der Waals surface area (Å²) >= 11 is 1.36. The number of fused-ring (bicyclic) bond motifs is 1. The molecule has 4 aromatic rings. The van der Waals surface area contributed by atoms with Crippen LogP contribution in [0.5, 0.6) is 0 Å². The number of imidazole rings is 1. The number of carbonyl (C=O) groups excluding carboxylic acids is 1. The van der Waals surface area contributed by atoms with Gasteiger partial charge in [0.05, 0.1) is 27.5 Å². The van der Waals surface area contributed by atoms with E-state index in [0.29, 0.717) is 41.4 Å². The van der Waals surface area contributed by atoms with Gasteiger partial charge in [-0.1, -0.05) is 30.3 Å². The van der Waals surface area contributed by atoms with E-state index >= 15 is 0 Å². The lowest BCUT2D eigenvalue weighted by atomic mass is 9.99. The predicted molar refractivity (Wildman–Crippen MR) is 128 cm³/mol. The van der Waals surface area contributed by atoms with Crippen molar-refractivity contribution in [2.24, 2.45) is 5.92 Å². The second kappa shape index (κ2) is 8.69. The first-order valence-electron chi connectivity index (χ1n) is 10.7. The summed E-state index contributed by atoms with van der Waals surface area (Å²) < 4.78 is 28.2. The molecule has 5 rings (SSSR count). The SMILES string of the molecule is Cc1csc(NC(=O)[C@@H]2CCCN(S(=O)(=O)c3ccc4nc(-c5ccccc5)[nH]c4c3)C2)n1. The molecule has 3 heterocycles. The Bertz CT molecular complexity index is 1410. The quantitative estimate of drug-likeness (QED) is 0.447. The van der Waals surface area contributed by atoms with Gasteiger partial charge in [0, 0.05) is 24.0 Å². The standard InChI is InChI=1S/C23H23N5O3S2/c1-15-14-32-23(24-15)27-22(29)17-8-5-11-28(13-17)33(30,31)18-9-10-19-20(12-18)26-21(25-19)16-6-3-2-4-7-16/h2-4,6-7,9-10,12,14,17H,5,8,11,13H2,1H3,(H,25,26)(H,24,27,29)/t17-/m1/s1. The predicted octanol–water partition coefficient (Wildman–Crippen LogP) is 4.03. The summed E-state index contributed by atoms with van der Waals surface area (Å²) in [4.78, 5) is 25.0. The zero-order valence-electron chi connectivity index (χ0n) is 18.0. The van der Waals surface area contributed by atoms with Crippen molar-refractivity contribution in [1.29, 1.82) is 0 Å². The van der Waals surface area contributed by atoms with Crippen molar-refractivity contribution in [3.05, 3.63) is 59.6 Å². The molecule has 33 heavy (non-hydrogen) atoms. The minimum Gasteiger partial charge on any atom is -0.338 e. The highest BCUT2D eigenvalue weighted by atomic mass is 32.2. The Labute approximate surface area is 195 Å². The molecule has 8 nitrogen and oxygen atoms in total. The van der Waals surface area contributed by atoms with Gasteiger partial charge in [0.2, 0.25) is 15.9 Å². The van der Waals surface area contributed by atoms with E-state index in [1.54, 1.807) is 18.2 Å². The number of anilines is 1. The number of hydrogen-bond donors (Lipinski definition) is 2. The molecular formula is C23H23N5O3S2. The summed E-state index contributed by atoms with van der Waals surface area (Å²) in [6, 6.07) is 14.6. The van der Waals surface area contributed by atoms with Gasteiger partial charge in [-0.2, -0.15) is 4.31 Å². The van der Waals surface area contributed by atoms with Gasteiger partial charge in [0.25, 0.3) is 0 Å². The van der Waals surface area contributed by atoms with Crippen molar-refractivity contribution in [3.8, 4) is 11.4 Å². The first-order valence-corrected chi connectivity index (χ1v) is 13.0. The van der Waals surface area contributed by atoms with Crippen LogP contribution in [0.1, 0.15) is 18.5 Å². The lowest BCUT2D eigenvalue weighted by molar-refractivity contribution is -0.120. The number of benzene rings is 2. The Morgan fingerprint density at radius 3 is 2.76 bits per heavy atom. The van der Waals surface area contributed by atoms with Gasteiger partial charge in [-0.15, -0.1) is 11.3 Å². The number of nitrogens with zero attached hydrogens (tertiary/aromatic N) is 3. The Balaban J connectivity index is 1.36. The molecule has 2 N–H and O–H groups in total. The summed E-state index contributed by atoms with van der Waals surface area (Å²) in [7, 11) is -3.75. The van der Waals surface area contributed by atoms with E-state index in [1.807, 2.05) is 42.6 Å². The maximum absolute atomic E-state index is 13.4. The van der Waals surface area contributed by atoms with Gasteiger partial charge in [0.15, 0.2) is 5.13 Å². The topological polar surface area (TPSA) is 108 Å². The molecule has 0 saturated carbocycles. The number of sulfonamides is 1.